The molecule has 1 saturated heterocycles. The molecule has 0 atom stereocenters. The fraction of sp³-hybridized carbons (Fsp3) is 0.318. The first-order valence-electron chi connectivity index (χ1n) is 9.49. The van der Waals surface area contributed by atoms with E-state index in [1.807, 2.05) is 35.2 Å². The van der Waals surface area contributed by atoms with Crippen molar-refractivity contribution in [1.29, 1.82) is 0 Å². The first kappa shape index (κ1) is 19.6. The van der Waals surface area contributed by atoms with E-state index in [0.29, 0.717) is 25.1 Å². The fourth-order valence-electron chi connectivity index (χ4n) is 3.36. The van der Waals surface area contributed by atoms with Crippen molar-refractivity contribution in [2.75, 3.05) is 13.1 Å². The van der Waals surface area contributed by atoms with E-state index >= 15 is 0 Å². The predicted molar refractivity (Wildman–Crippen MR) is 105 cm³/mol. The number of carbonyl (C=O) groups excluding carboxylic acids is 2. The van der Waals surface area contributed by atoms with Crippen LogP contribution in [0.25, 0.3) is 0 Å². The van der Waals surface area contributed by atoms with Crippen molar-refractivity contribution in [3.8, 4) is 0 Å². The highest BCUT2D eigenvalue weighted by molar-refractivity contribution is 5.96. The Morgan fingerprint density at radius 2 is 1.54 bits per heavy atom. The second-order valence-electron chi connectivity index (χ2n) is 7.00. The van der Waals surface area contributed by atoms with E-state index in [9.17, 15) is 14.4 Å². The Hall–Kier alpha value is -3.15. The van der Waals surface area contributed by atoms with Crippen molar-refractivity contribution in [2.45, 2.75) is 31.7 Å². The Balaban J connectivity index is 1.43. The van der Waals surface area contributed by atoms with Gasteiger partial charge < -0.3 is 15.3 Å². The normalized spacial score (nSPS) is 14.5. The van der Waals surface area contributed by atoms with Gasteiger partial charge in [-0.15, -0.1) is 0 Å². The van der Waals surface area contributed by atoms with E-state index < -0.39 is 5.97 Å². The van der Waals surface area contributed by atoms with Crippen molar-refractivity contribution in [1.82, 2.24) is 10.2 Å². The maximum absolute atomic E-state index is 12.4. The summed E-state index contributed by atoms with van der Waals surface area (Å²) in [6.07, 6.45) is 2.67. The average molecular weight is 380 g/mol. The standard InChI is InChI=1S/C22H24N2O4/c25-20(11-6-16-4-2-1-3-5-16)24-14-12-19(13-15-24)23-21(26)17-7-9-18(10-8-17)22(27)28/h1-5,7-10,19H,6,11-15H2,(H,23,26)(H,27,28). The van der Waals surface area contributed by atoms with Gasteiger partial charge in [0, 0.05) is 31.1 Å². The molecule has 2 amide bonds. The first-order valence-corrected chi connectivity index (χ1v) is 9.49. The molecule has 1 fully saturated rings. The Morgan fingerprint density at radius 3 is 2.14 bits per heavy atom. The molecule has 0 aliphatic carbocycles. The number of amides is 2. The van der Waals surface area contributed by atoms with Gasteiger partial charge >= 0.3 is 5.97 Å². The van der Waals surface area contributed by atoms with E-state index in [1.165, 1.54) is 24.3 Å². The fourth-order valence-corrected chi connectivity index (χ4v) is 3.36. The third-order valence-electron chi connectivity index (χ3n) is 5.05. The molecule has 2 aromatic carbocycles. The van der Waals surface area contributed by atoms with Crippen molar-refractivity contribution in [2.24, 2.45) is 0 Å². The molecule has 6 nitrogen and oxygen atoms in total. The van der Waals surface area contributed by atoms with Gasteiger partial charge in [0.1, 0.15) is 0 Å². The van der Waals surface area contributed by atoms with Crippen LogP contribution in [0.15, 0.2) is 54.6 Å². The summed E-state index contributed by atoms with van der Waals surface area (Å²) in [6.45, 7) is 1.27. The van der Waals surface area contributed by atoms with Gasteiger partial charge in [0.25, 0.3) is 5.91 Å². The number of carboxylic acids is 1. The van der Waals surface area contributed by atoms with Crippen LogP contribution in [0.3, 0.4) is 0 Å². The van der Waals surface area contributed by atoms with Gasteiger partial charge in [0.15, 0.2) is 0 Å². The van der Waals surface area contributed by atoms with Gasteiger partial charge in [-0.1, -0.05) is 30.3 Å². The molecule has 28 heavy (non-hydrogen) atoms. The molecule has 0 unspecified atom stereocenters. The lowest BCUT2D eigenvalue weighted by Gasteiger charge is -2.32. The molecule has 0 spiro atoms. The van der Waals surface area contributed by atoms with E-state index in [-0.39, 0.29) is 23.4 Å². The Morgan fingerprint density at radius 1 is 0.929 bits per heavy atom. The quantitative estimate of drug-likeness (QED) is 0.807. The largest absolute Gasteiger partial charge is 0.478 e. The molecule has 2 aromatic rings. The number of nitrogens with zero attached hydrogens (tertiary/aromatic N) is 1. The van der Waals surface area contributed by atoms with Crippen LogP contribution in [0.2, 0.25) is 0 Å². The highest BCUT2D eigenvalue weighted by Gasteiger charge is 2.24. The van der Waals surface area contributed by atoms with Crippen LogP contribution in [0, 0.1) is 0 Å². The number of aryl methyl sites for hydroxylation is 1. The summed E-state index contributed by atoms with van der Waals surface area (Å²) in [5.74, 6) is -1.08. The zero-order valence-electron chi connectivity index (χ0n) is 15.6. The van der Waals surface area contributed by atoms with Crippen LogP contribution >= 0.6 is 0 Å². The number of carbonyl (C=O) groups is 3. The molecule has 146 valence electrons. The summed E-state index contributed by atoms with van der Waals surface area (Å²) in [7, 11) is 0. The average Bonchev–Trinajstić information content (AvgIpc) is 2.73. The molecular weight excluding hydrogens is 356 g/mol. The van der Waals surface area contributed by atoms with Gasteiger partial charge in [-0.2, -0.15) is 0 Å². The predicted octanol–water partition coefficient (Wildman–Crippen LogP) is 2.74. The number of benzene rings is 2. The molecular formula is C22H24N2O4. The summed E-state index contributed by atoms with van der Waals surface area (Å²) in [5, 5.41) is 11.9. The van der Waals surface area contributed by atoms with Crippen molar-refractivity contribution in [3.05, 3.63) is 71.3 Å². The first-order chi connectivity index (χ1) is 13.5. The molecule has 1 aliphatic heterocycles. The molecule has 0 bridgehead atoms. The number of piperidine rings is 1. The number of rotatable bonds is 6. The molecule has 1 aliphatic rings. The van der Waals surface area contributed by atoms with Crippen LogP contribution in [0.1, 0.15) is 45.5 Å². The highest BCUT2D eigenvalue weighted by atomic mass is 16.4. The summed E-state index contributed by atoms with van der Waals surface area (Å²) in [4.78, 5) is 37.5. The molecule has 3 rings (SSSR count). The smallest absolute Gasteiger partial charge is 0.335 e. The minimum atomic E-state index is -1.02. The van der Waals surface area contributed by atoms with Crippen LogP contribution in [-0.2, 0) is 11.2 Å². The zero-order valence-corrected chi connectivity index (χ0v) is 15.6. The van der Waals surface area contributed by atoms with Crippen LogP contribution < -0.4 is 5.32 Å². The topological polar surface area (TPSA) is 86.7 Å². The second-order valence-corrected chi connectivity index (χ2v) is 7.00. The SMILES string of the molecule is O=C(O)c1ccc(C(=O)NC2CCN(C(=O)CCc3ccccc3)CC2)cc1. The number of nitrogens with one attached hydrogen (secondary N) is 1. The van der Waals surface area contributed by atoms with Crippen LogP contribution in [0.4, 0.5) is 0 Å². The van der Waals surface area contributed by atoms with Gasteiger partial charge in [-0.25, -0.2) is 4.79 Å². The molecule has 2 N–H and O–H groups in total. The molecule has 0 aromatic heterocycles. The molecule has 1 heterocycles. The summed E-state index contributed by atoms with van der Waals surface area (Å²) < 4.78 is 0. The van der Waals surface area contributed by atoms with Gasteiger partial charge in [-0.05, 0) is 49.1 Å². The lowest BCUT2D eigenvalue weighted by molar-refractivity contribution is -0.132. The summed E-state index contributed by atoms with van der Waals surface area (Å²) >= 11 is 0. The Labute approximate surface area is 164 Å². The highest BCUT2D eigenvalue weighted by Crippen LogP contribution is 2.14. The van der Waals surface area contributed by atoms with Gasteiger partial charge in [0.05, 0.1) is 5.56 Å². The number of hydrogen-bond donors (Lipinski definition) is 2. The van der Waals surface area contributed by atoms with E-state index in [0.717, 1.165) is 24.8 Å². The Bertz CT molecular complexity index is 825. The molecule has 0 radical (unpaired) electrons. The summed E-state index contributed by atoms with van der Waals surface area (Å²) in [5.41, 5.74) is 1.75. The van der Waals surface area contributed by atoms with E-state index in [4.69, 9.17) is 5.11 Å². The molecule has 6 heteroatoms. The van der Waals surface area contributed by atoms with E-state index in [1.54, 1.807) is 0 Å². The van der Waals surface area contributed by atoms with Crippen molar-refractivity contribution < 1.29 is 19.5 Å². The van der Waals surface area contributed by atoms with Gasteiger partial charge in [0.2, 0.25) is 5.91 Å². The third-order valence-corrected chi connectivity index (χ3v) is 5.05. The van der Waals surface area contributed by atoms with Gasteiger partial charge in [-0.3, -0.25) is 9.59 Å². The van der Waals surface area contributed by atoms with Crippen molar-refractivity contribution >= 4 is 17.8 Å². The molecule has 0 saturated carbocycles. The summed E-state index contributed by atoms with van der Waals surface area (Å²) in [6, 6.07) is 15.9. The zero-order chi connectivity index (χ0) is 19.9. The maximum Gasteiger partial charge on any atom is 0.335 e. The Kier molecular flexibility index (Phi) is 6.42. The lowest BCUT2D eigenvalue weighted by Crippen LogP contribution is -2.46. The van der Waals surface area contributed by atoms with E-state index in [2.05, 4.69) is 5.32 Å². The van der Waals surface area contributed by atoms with Crippen LogP contribution in [0.5, 0.6) is 0 Å². The minimum absolute atomic E-state index is 0.0184. The number of hydrogen-bond acceptors (Lipinski definition) is 3. The maximum atomic E-state index is 12.4. The monoisotopic (exact) mass is 380 g/mol. The number of likely N-dealkylation sites (tertiary alicyclic amines) is 1. The number of aromatic carboxylic acids is 1. The van der Waals surface area contributed by atoms with Crippen molar-refractivity contribution in [3.63, 3.8) is 0 Å². The van der Waals surface area contributed by atoms with Crippen LogP contribution in [-0.4, -0.2) is 46.9 Å². The second kappa shape index (κ2) is 9.17. The third kappa shape index (κ3) is 5.19. The lowest BCUT2D eigenvalue weighted by atomic mass is 10.0. The minimum Gasteiger partial charge on any atom is -0.478 e. The number of carboxylic acid groups (broad SMARTS) is 1.